The van der Waals surface area contributed by atoms with Crippen LogP contribution >= 0.6 is 11.6 Å². The SMILES string of the molecule is C(#Cc1cc2c(N3CCCCC3)ncnc2[nH]1)COc1ccccc1.C=CC(=O)Cl.C=CC(=O)N1CCN(c2ncnc3[nH]c(C#CCOc4ccccc4)cc23)CC1. The molecule has 6 heterocycles. The predicted molar refractivity (Wildman–Crippen MR) is 232 cm³/mol. The number of amides is 1. The standard InChI is InChI=1S/C22H21N5O2.C20H20N4O.C3H3ClO/c1-2-20(28)26-10-12-27(13-11-26)22-19-15-17(25-21(19)23-16-24-22)7-6-14-29-18-8-4-3-5-9-18;1-3-9-17(10-4-1)25-13-7-8-16-14-18-19(23-16)21-15-22-20(18)24-11-5-2-6-12-24;1-2-3(4)5/h2-5,8-9,15-16H,1,10-14H2,(H,23,24,25);1,3-4,9-10,14-15H,2,5-6,11-13H2,(H,21,22,23);2H,1H2. The lowest BCUT2D eigenvalue weighted by Crippen LogP contribution is -2.48. The fraction of sp³-hybridized carbons (Fsp3) is 0.244. The Balaban J connectivity index is 0.000000180. The number of allylic oxidation sites excluding steroid dienone is 1. The number of H-pyrrole nitrogens is 2. The van der Waals surface area contributed by atoms with Crippen LogP contribution in [0.15, 0.2) is 111 Å². The zero-order chi connectivity index (χ0) is 41.2. The number of hydrogen-bond acceptors (Lipinski definition) is 10. The second kappa shape index (κ2) is 21.4. The molecular formula is C45H44ClN9O4. The summed E-state index contributed by atoms with van der Waals surface area (Å²) in [5.41, 5.74) is 3.18. The topological polar surface area (TPSA) is 145 Å². The van der Waals surface area contributed by atoms with Gasteiger partial charge in [0.25, 0.3) is 0 Å². The third-order valence-corrected chi connectivity index (χ3v) is 9.40. The number of halogens is 1. The molecule has 14 heteroatoms. The minimum absolute atomic E-state index is 0.0330. The molecule has 2 aliphatic rings. The first-order valence-electron chi connectivity index (χ1n) is 19.2. The van der Waals surface area contributed by atoms with Gasteiger partial charge in [-0.25, -0.2) is 19.9 Å². The van der Waals surface area contributed by atoms with E-state index < -0.39 is 5.24 Å². The second-order valence-corrected chi connectivity index (χ2v) is 13.5. The number of carbonyl (C=O) groups is 2. The van der Waals surface area contributed by atoms with Crippen LogP contribution in [0.3, 0.4) is 0 Å². The molecule has 0 aliphatic carbocycles. The molecule has 6 aromatic rings. The molecule has 0 atom stereocenters. The van der Waals surface area contributed by atoms with Crippen molar-refractivity contribution in [2.24, 2.45) is 0 Å². The van der Waals surface area contributed by atoms with Gasteiger partial charge in [0.2, 0.25) is 11.1 Å². The highest BCUT2D eigenvalue weighted by Crippen LogP contribution is 2.27. The molecule has 2 fully saturated rings. The fourth-order valence-electron chi connectivity index (χ4n) is 6.40. The number of fused-ring (bicyclic) bond motifs is 2. The molecule has 2 aliphatic heterocycles. The van der Waals surface area contributed by atoms with Crippen molar-refractivity contribution in [2.75, 3.05) is 62.3 Å². The summed E-state index contributed by atoms with van der Waals surface area (Å²) in [5.74, 6) is 15.7. The van der Waals surface area contributed by atoms with E-state index in [9.17, 15) is 9.59 Å². The number of hydrogen-bond donors (Lipinski definition) is 2. The van der Waals surface area contributed by atoms with Gasteiger partial charge in [-0.1, -0.05) is 61.4 Å². The number of nitrogens with zero attached hydrogens (tertiary/aromatic N) is 7. The van der Waals surface area contributed by atoms with Crippen LogP contribution in [0, 0.1) is 23.7 Å². The van der Waals surface area contributed by atoms with Crippen LogP contribution in [0.2, 0.25) is 0 Å². The van der Waals surface area contributed by atoms with Gasteiger partial charge in [0.15, 0.2) is 0 Å². The number of piperidine rings is 1. The number of aromatic amines is 2. The summed E-state index contributed by atoms with van der Waals surface area (Å²) in [6.45, 7) is 12.1. The van der Waals surface area contributed by atoms with Gasteiger partial charge in [-0.2, -0.15) is 0 Å². The zero-order valence-corrected chi connectivity index (χ0v) is 33.3. The number of para-hydroxylation sites is 2. The van der Waals surface area contributed by atoms with Gasteiger partial charge in [0.1, 0.15) is 60.3 Å². The van der Waals surface area contributed by atoms with E-state index in [-0.39, 0.29) is 5.91 Å². The Morgan fingerprint density at radius 1 is 0.661 bits per heavy atom. The number of ether oxygens (including phenoxy) is 2. The van der Waals surface area contributed by atoms with E-state index in [1.807, 2.05) is 72.8 Å². The molecule has 4 aromatic heterocycles. The average molecular weight is 810 g/mol. The van der Waals surface area contributed by atoms with Crippen LogP contribution in [-0.4, -0.2) is 98.4 Å². The normalized spacial score (nSPS) is 13.3. The van der Waals surface area contributed by atoms with Gasteiger partial charge in [-0.15, -0.1) is 0 Å². The number of rotatable bonds is 8. The van der Waals surface area contributed by atoms with Crippen molar-refractivity contribution < 1.29 is 19.1 Å². The molecule has 300 valence electrons. The van der Waals surface area contributed by atoms with Crippen molar-refractivity contribution in [1.82, 2.24) is 34.8 Å². The summed E-state index contributed by atoms with van der Waals surface area (Å²) in [5, 5.41) is 1.45. The minimum atomic E-state index is -0.509. The molecule has 2 N–H and O–H groups in total. The molecule has 13 nitrogen and oxygen atoms in total. The quantitative estimate of drug-likeness (QED) is 0.0988. The van der Waals surface area contributed by atoms with E-state index in [4.69, 9.17) is 21.1 Å². The Kier molecular flexibility index (Phi) is 15.1. The Morgan fingerprint density at radius 3 is 1.56 bits per heavy atom. The lowest BCUT2D eigenvalue weighted by Gasteiger charge is -2.35. The molecule has 0 spiro atoms. The molecule has 0 unspecified atom stereocenters. The van der Waals surface area contributed by atoms with Gasteiger partial charge in [-0.3, -0.25) is 9.59 Å². The van der Waals surface area contributed by atoms with Crippen molar-refractivity contribution in [3.63, 3.8) is 0 Å². The highest BCUT2D eigenvalue weighted by Gasteiger charge is 2.22. The maximum atomic E-state index is 11.8. The maximum Gasteiger partial charge on any atom is 0.246 e. The molecule has 8 rings (SSSR count). The van der Waals surface area contributed by atoms with Gasteiger partial charge >= 0.3 is 0 Å². The van der Waals surface area contributed by atoms with E-state index in [1.54, 1.807) is 17.6 Å². The van der Waals surface area contributed by atoms with Crippen LogP contribution in [-0.2, 0) is 9.59 Å². The van der Waals surface area contributed by atoms with E-state index in [0.29, 0.717) is 39.4 Å². The van der Waals surface area contributed by atoms with Crippen molar-refractivity contribution in [3.05, 3.63) is 122 Å². The highest BCUT2D eigenvalue weighted by atomic mass is 35.5. The maximum absolute atomic E-state index is 11.8. The molecule has 0 saturated carbocycles. The third-order valence-electron chi connectivity index (χ3n) is 9.25. The highest BCUT2D eigenvalue weighted by molar-refractivity contribution is 6.66. The van der Waals surface area contributed by atoms with E-state index >= 15 is 0 Å². The summed E-state index contributed by atoms with van der Waals surface area (Å²) in [6.07, 6.45) is 9.32. The number of nitrogens with one attached hydrogen (secondary N) is 2. The first-order valence-corrected chi connectivity index (χ1v) is 19.5. The lowest BCUT2D eigenvalue weighted by atomic mass is 10.1. The molecule has 2 aromatic carbocycles. The Morgan fingerprint density at radius 2 is 1.12 bits per heavy atom. The number of piperazine rings is 1. The predicted octanol–water partition coefficient (Wildman–Crippen LogP) is 6.54. The first-order chi connectivity index (χ1) is 28.9. The van der Waals surface area contributed by atoms with E-state index in [0.717, 1.165) is 75.8 Å². The Bertz CT molecular complexity index is 2470. The number of carbonyl (C=O) groups excluding carboxylic acids is 2. The van der Waals surface area contributed by atoms with Crippen molar-refractivity contribution >= 4 is 56.5 Å². The summed E-state index contributed by atoms with van der Waals surface area (Å²) in [4.78, 5) is 51.7. The molecule has 0 radical (unpaired) electrons. The summed E-state index contributed by atoms with van der Waals surface area (Å²) in [7, 11) is 0. The second-order valence-electron chi connectivity index (χ2n) is 13.2. The minimum Gasteiger partial charge on any atom is -0.481 e. The van der Waals surface area contributed by atoms with Gasteiger partial charge in [-0.05, 0) is 91.3 Å². The van der Waals surface area contributed by atoms with Crippen LogP contribution in [0.4, 0.5) is 11.6 Å². The monoisotopic (exact) mass is 809 g/mol. The Hall–Kier alpha value is -7.09. The van der Waals surface area contributed by atoms with Gasteiger partial charge in [0, 0.05) is 39.3 Å². The van der Waals surface area contributed by atoms with Crippen molar-refractivity contribution in [1.29, 1.82) is 0 Å². The van der Waals surface area contributed by atoms with Crippen LogP contribution in [0.25, 0.3) is 22.1 Å². The van der Waals surface area contributed by atoms with E-state index in [1.165, 1.54) is 25.3 Å². The summed E-state index contributed by atoms with van der Waals surface area (Å²) < 4.78 is 11.2. The largest absolute Gasteiger partial charge is 0.481 e. The summed E-state index contributed by atoms with van der Waals surface area (Å²) >= 11 is 4.71. The van der Waals surface area contributed by atoms with Crippen molar-refractivity contribution in [3.8, 4) is 35.2 Å². The number of aromatic nitrogens is 6. The average Bonchev–Trinajstić information content (AvgIpc) is 3.92. The Labute approximate surface area is 348 Å². The third kappa shape index (κ3) is 12.0. The first kappa shape index (κ1) is 41.5. The van der Waals surface area contributed by atoms with Gasteiger partial charge in [0.05, 0.1) is 22.2 Å². The number of benzene rings is 2. The van der Waals surface area contributed by atoms with Crippen LogP contribution < -0.4 is 19.3 Å². The van der Waals surface area contributed by atoms with Crippen LogP contribution in [0.1, 0.15) is 30.7 Å². The smallest absolute Gasteiger partial charge is 0.246 e. The van der Waals surface area contributed by atoms with Crippen molar-refractivity contribution in [2.45, 2.75) is 19.3 Å². The molecular weight excluding hydrogens is 766 g/mol. The van der Waals surface area contributed by atoms with Crippen LogP contribution in [0.5, 0.6) is 11.5 Å². The zero-order valence-electron chi connectivity index (χ0n) is 32.6. The lowest BCUT2D eigenvalue weighted by molar-refractivity contribution is -0.126. The molecule has 59 heavy (non-hydrogen) atoms. The molecule has 2 saturated heterocycles. The summed E-state index contributed by atoms with van der Waals surface area (Å²) in [6, 6.07) is 23.3. The fourth-order valence-corrected chi connectivity index (χ4v) is 6.40. The molecule has 0 bridgehead atoms. The van der Waals surface area contributed by atoms with E-state index in [2.05, 4.69) is 76.5 Å². The van der Waals surface area contributed by atoms with Gasteiger partial charge < -0.3 is 34.1 Å². The molecule has 1 amide bonds. The number of anilines is 2.